The zero-order valence-electron chi connectivity index (χ0n) is 9.02. The van der Waals surface area contributed by atoms with Gasteiger partial charge in [0.15, 0.2) is 0 Å². The number of aryl methyl sites for hydroxylation is 1. The maximum absolute atomic E-state index is 10.4. The molecule has 0 aliphatic heterocycles. The first-order valence-corrected chi connectivity index (χ1v) is 6.01. The fraction of sp³-hybridized carbons (Fsp3) is 0.154. The van der Waals surface area contributed by atoms with Gasteiger partial charge in [-0.05, 0) is 24.3 Å². The summed E-state index contributed by atoms with van der Waals surface area (Å²) in [6.07, 6.45) is 0.509. The molecule has 0 bridgehead atoms. The molecule has 3 nitrogen and oxygen atoms in total. The minimum atomic E-state index is -0.814. The number of carboxylic acids is 1. The summed E-state index contributed by atoms with van der Waals surface area (Å²) in [7, 11) is 0. The zero-order valence-corrected chi connectivity index (χ0v) is 10.6. The molecule has 0 saturated heterocycles. The van der Waals surface area contributed by atoms with Crippen LogP contribution in [-0.4, -0.2) is 11.1 Å². The van der Waals surface area contributed by atoms with Crippen LogP contribution in [0.15, 0.2) is 45.3 Å². The Labute approximate surface area is 107 Å². The molecule has 0 saturated carbocycles. The van der Waals surface area contributed by atoms with Crippen LogP contribution in [0.3, 0.4) is 0 Å². The Morgan fingerprint density at radius 3 is 2.82 bits per heavy atom. The van der Waals surface area contributed by atoms with Crippen LogP contribution >= 0.6 is 15.9 Å². The molecular weight excluding hydrogens is 284 g/mol. The molecule has 0 unspecified atom stereocenters. The van der Waals surface area contributed by atoms with E-state index in [2.05, 4.69) is 15.9 Å². The van der Waals surface area contributed by atoms with Crippen molar-refractivity contribution in [1.82, 2.24) is 0 Å². The smallest absolute Gasteiger partial charge is 0.303 e. The highest BCUT2D eigenvalue weighted by Crippen LogP contribution is 2.25. The van der Waals surface area contributed by atoms with Crippen LogP contribution in [0.2, 0.25) is 0 Å². The molecule has 1 N–H and O–H groups in total. The quantitative estimate of drug-likeness (QED) is 0.935. The topological polar surface area (TPSA) is 50.4 Å². The number of halogens is 1. The molecule has 0 fully saturated rings. The summed E-state index contributed by atoms with van der Waals surface area (Å²) in [5.41, 5.74) is 0.973. The van der Waals surface area contributed by atoms with Crippen molar-refractivity contribution in [3.05, 3.63) is 46.6 Å². The second-order valence-electron chi connectivity index (χ2n) is 3.67. The summed E-state index contributed by atoms with van der Waals surface area (Å²) >= 11 is 3.40. The third-order valence-corrected chi connectivity index (χ3v) is 2.85. The van der Waals surface area contributed by atoms with Gasteiger partial charge >= 0.3 is 5.97 Å². The largest absolute Gasteiger partial charge is 0.481 e. The van der Waals surface area contributed by atoms with Crippen LogP contribution in [-0.2, 0) is 11.2 Å². The highest BCUT2D eigenvalue weighted by molar-refractivity contribution is 9.10. The lowest BCUT2D eigenvalue weighted by atomic mass is 10.2. The van der Waals surface area contributed by atoms with Crippen molar-refractivity contribution in [2.45, 2.75) is 12.8 Å². The molecule has 2 aromatic rings. The SMILES string of the molecule is O=C(O)CCc1ccc(-c2cccc(Br)c2)o1. The highest BCUT2D eigenvalue weighted by Gasteiger charge is 2.06. The Bertz CT molecular complexity index is 531. The van der Waals surface area contributed by atoms with Gasteiger partial charge in [0.1, 0.15) is 11.5 Å². The summed E-state index contributed by atoms with van der Waals surface area (Å²) in [5, 5.41) is 8.59. The van der Waals surface area contributed by atoms with Gasteiger partial charge in [-0.3, -0.25) is 4.79 Å². The van der Waals surface area contributed by atoms with E-state index in [0.29, 0.717) is 12.2 Å². The predicted octanol–water partition coefficient (Wildman–Crippen LogP) is 3.73. The maximum atomic E-state index is 10.4. The van der Waals surface area contributed by atoms with Crippen molar-refractivity contribution in [3.63, 3.8) is 0 Å². The molecule has 88 valence electrons. The minimum Gasteiger partial charge on any atom is -0.481 e. The van der Waals surface area contributed by atoms with E-state index in [-0.39, 0.29) is 6.42 Å². The molecule has 0 atom stereocenters. The molecule has 0 spiro atoms. The normalized spacial score (nSPS) is 10.4. The van der Waals surface area contributed by atoms with Crippen LogP contribution in [0.25, 0.3) is 11.3 Å². The van der Waals surface area contributed by atoms with Crippen LogP contribution in [0.5, 0.6) is 0 Å². The lowest BCUT2D eigenvalue weighted by molar-refractivity contribution is -0.137. The first-order valence-electron chi connectivity index (χ1n) is 5.21. The van der Waals surface area contributed by atoms with Gasteiger partial charge in [0.25, 0.3) is 0 Å². The van der Waals surface area contributed by atoms with Crippen LogP contribution in [0, 0.1) is 0 Å². The van der Waals surface area contributed by atoms with Gasteiger partial charge in [-0.25, -0.2) is 0 Å². The molecular formula is C13H11BrO3. The van der Waals surface area contributed by atoms with E-state index in [9.17, 15) is 4.79 Å². The lowest BCUT2D eigenvalue weighted by Gasteiger charge is -1.98. The van der Waals surface area contributed by atoms with Crippen LogP contribution < -0.4 is 0 Å². The molecule has 0 radical (unpaired) electrons. The third-order valence-electron chi connectivity index (χ3n) is 2.36. The Balaban J connectivity index is 2.15. The van der Waals surface area contributed by atoms with E-state index in [1.165, 1.54) is 0 Å². The Morgan fingerprint density at radius 2 is 2.12 bits per heavy atom. The van der Waals surface area contributed by atoms with Crippen molar-refractivity contribution >= 4 is 21.9 Å². The molecule has 0 aliphatic rings. The number of furan rings is 1. The Morgan fingerprint density at radius 1 is 1.29 bits per heavy atom. The van der Waals surface area contributed by atoms with E-state index in [4.69, 9.17) is 9.52 Å². The van der Waals surface area contributed by atoms with Crippen molar-refractivity contribution in [1.29, 1.82) is 0 Å². The standard InChI is InChI=1S/C13H11BrO3/c14-10-3-1-2-9(8-10)12-6-4-11(17-12)5-7-13(15)16/h1-4,6,8H,5,7H2,(H,15,16). The fourth-order valence-electron chi connectivity index (χ4n) is 1.54. The van der Waals surface area contributed by atoms with Crippen molar-refractivity contribution in [3.8, 4) is 11.3 Å². The van der Waals surface area contributed by atoms with E-state index in [1.54, 1.807) is 0 Å². The van der Waals surface area contributed by atoms with Crippen molar-refractivity contribution in [2.75, 3.05) is 0 Å². The average molecular weight is 295 g/mol. The predicted molar refractivity (Wildman–Crippen MR) is 67.8 cm³/mol. The van der Waals surface area contributed by atoms with Crippen molar-refractivity contribution < 1.29 is 14.3 Å². The summed E-state index contributed by atoms with van der Waals surface area (Å²) in [6.45, 7) is 0. The summed E-state index contributed by atoms with van der Waals surface area (Å²) in [4.78, 5) is 10.4. The number of benzene rings is 1. The van der Waals surface area contributed by atoms with E-state index in [0.717, 1.165) is 15.8 Å². The third kappa shape index (κ3) is 3.20. The fourth-order valence-corrected chi connectivity index (χ4v) is 1.94. The van der Waals surface area contributed by atoms with E-state index in [1.807, 2.05) is 36.4 Å². The average Bonchev–Trinajstić information content (AvgIpc) is 2.75. The Hall–Kier alpha value is -1.55. The number of rotatable bonds is 4. The molecule has 1 aromatic heterocycles. The second-order valence-corrected chi connectivity index (χ2v) is 4.59. The van der Waals surface area contributed by atoms with Crippen LogP contribution in [0.1, 0.15) is 12.2 Å². The highest BCUT2D eigenvalue weighted by atomic mass is 79.9. The summed E-state index contributed by atoms with van der Waals surface area (Å²) in [6, 6.07) is 11.5. The van der Waals surface area contributed by atoms with Gasteiger partial charge in [-0.15, -0.1) is 0 Å². The number of carboxylic acid groups (broad SMARTS) is 1. The van der Waals surface area contributed by atoms with Gasteiger partial charge < -0.3 is 9.52 Å². The number of aliphatic carboxylic acids is 1. The molecule has 0 amide bonds. The van der Waals surface area contributed by atoms with Gasteiger partial charge in [0, 0.05) is 16.5 Å². The number of carbonyl (C=O) groups is 1. The Kier molecular flexibility index (Phi) is 3.64. The van der Waals surface area contributed by atoms with Gasteiger partial charge in [0.2, 0.25) is 0 Å². The summed E-state index contributed by atoms with van der Waals surface area (Å²) < 4.78 is 6.58. The first kappa shape index (κ1) is 11.9. The molecule has 17 heavy (non-hydrogen) atoms. The summed E-state index contributed by atoms with van der Waals surface area (Å²) in [5.74, 6) is 0.638. The van der Waals surface area contributed by atoms with Crippen molar-refractivity contribution in [2.24, 2.45) is 0 Å². The molecule has 4 heteroatoms. The second kappa shape index (κ2) is 5.19. The molecule has 2 rings (SSSR count). The van der Waals surface area contributed by atoms with E-state index < -0.39 is 5.97 Å². The maximum Gasteiger partial charge on any atom is 0.303 e. The number of hydrogen-bond acceptors (Lipinski definition) is 2. The molecule has 0 aliphatic carbocycles. The van der Waals surface area contributed by atoms with Gasteiger partial charge in [0.05, 0.1) is 6.42 Å². The molecule has 1 aromatic carbocycles. The number of hydrogen-bond donors (Lipinski definition) is 1. The minimum absolute atomic E-state index is 0.0887. The zero-order chi connectivity index (χ0) is 12.3. The van der Waals surface area contributed by atoms with Gasteiger partial charge in [-0.1, -0.05) is 28.1 Å². The first-order chi connectivity index (χ1) is 8.15. The van der Waals surface area contributed by atoms with Crippen LogP contribution in [0.4, 0.5) is 0 Å². The van der Waals surface area contributed by atoms with Gasteiger partial charge in [-0.2, -0.15) is 0 Å². The monoisotopic (exact) mass is 294 g/mol. The molecule has 1 heterocycles. The van der Waals surface area contributed by atoms with E-state index >= 15 is 0 Å². The lowest BCUT2D eigenvalue weighted by Crippen LogP contribution is -1.96.